The molecule has 1 aromatic carbocycles. The number of ether oxygens (including phenoxy) is 2. The minimum atomic E-state index is 0.0984. The zero-order chi connectivity index (χ0) is 19.5. The average Bonchev–Trinajstić information content (AvgIpc) is 3.19. The minimum absolute atomic E-state index is 0.0984. The molecule has 0 spiro atoms. The lowest BCUT2D eigenvalue weighted by Gasteiger charge is -2.22. The van der Waals surface area contributed by atoms with Crippen LogP contribution in [-0.2, 0) is 11.3 Å². The molecule has 8 heteroatoms. The number of aromatic nitrogens is 2. The molecule has 1 heterocycles. The maximum atomic E-state index is 12.7. The van der Waals surface area contributed by atoms with Crippen LogP contribution in [0.3, 0.4) is 0 Å². The van der Waals surface area contributed by atoms with Crippen molar-refractivity contribution in [3.05, 3.63) is 29.3 Å². The molecule has 0 aliphatic rings. The first-order chi connectivity index (χ1) is 13.2. The van der Waals surface area contributed by atoms with Gasteiger partial charge in [-0.05, 0) is 37.5 Å². The van der Waals surface area contributed by atoms with E-state index >= 15 is 0 Å². The lowest BCUT2D eigenvalue weighted by atomic mass is 10.1. The van der Waals surface area contributed by atoms with Crippen LogP contribution in [0.5, 0.6) is 11.5 Å². The summed E-state index contributed by atoms with van der Waals surface area (Å²) >= 11 is 2.88. The predicted molar refractivity (Wildman–Crippen MR) is 110 cm³/mol. The first-order valence-corrected chi connectivity index (χ1v) is 11.1. The molecule has 0 radical (unpaired) electrons. The second-order valence-electron chi connectivity index (χ2n) is 5.87. The first-order valence-electron chi connectivity index (χ1n) is 9.23. The van der Waals surface area contributed by atoms with E-state index in [1.807, 2.05) is 30.0 Å². The summed E-state index contributed by atoms with van der Waals surface area (Å²) in [6.07, 6.45) is 1.85. The molecule has 0 saturated carbocycles. The second kappa shape index (κ2) is 11.8. The molecule has 0 unspecified atom stereocenters. The van der Waals surface area contributed by atoms with Crippen LogP contribution in [0.4, 0.5) is 0 Å². The van der Waals surface area contributed by atoms with E-state index in [1.165, 1.54) is 23.1 Å². The highest BCUT2D eigenvalue weighted by atomic mass is 32.2. The van der Waals surface area contributed by atoms with E-state index < -0.39 is 0 Å². The second-order valence-corrected chi connectivity index (χ2v) is 7.93. The summed E-state index contributed by atoms with van der Waals surface area (Å²) in [5, 5.41) is 7.78. The van der Waals surface area contributed by atoms with E-state index in [1.54, 1.807) is 5.51 Å². The number of benzene rings is 1. The van der Waals surface area contributed by atoms with Crippen molar-refractivity contribution in [2.75, 3.05) is 25.5 Å². The standard InChI is InChI=1S/C19H27N3O3S2/c1-4-9-22(18(23)13-26-19-21-20-14-27-19)12-15-7-8-16(25-10-5-2)17(11-15)24-6-3/h7-8,11,14H,4-6,9-10,12-13H2,1-3H3. The van der Waals surface area contributed by atoms with E-state index in [-0.39, 0.29) is 5.91 Å². The van der Waals surface area contributed by atoms with Gasteiger partial charge < -0.3 is 14.4 Å². The molecule has 0 N–H and O–H groups in total. The number of amides is 1. The molecule has 0 saturated heterocycles. The van der Waals surface area contributed by atoms with E-state index in [4.69, 9.17) is 9.47 Å². The Kier molecular flexibility index (Phi) is 9.41. The summed E-state index contributed by atoms with van der Waals surface area (Å²) in [5.41, 5.74) is 2.71. The molecule has 1 aromatic heterocycles. The monoisotopic (exact) mass is 409 g/mol. The number of carbonyl (C=O) groups is 1. The summed E-state index contributed by atoms with van der Waals surface area (Å²) in [6.45, 7) is 8.60. The zero-order valence-corrected chi connectivity index (χ0v) is 17.8. The topological polar surface area (TPSA) is 64.5 Å². The largest absolute Gasteiger partial charge is 0.490 e. The van der Waals surface area contributed by atoms with Crippen LogP contribution in [0.15, 0.2) is 28.0 Å². The van der Waals surface area contributed by atoms with Gasteiger partial charge in [0.2, 0.25) is 5.91 Å². The summed E-state index contributed by atoms with van der Waals surface area (Å²) < 4.78 is 12.3. The molecule has 6 nitrogen and oxygen atoms in total. The van der Waals surface area contributed by atoms with Crippen molar-refractivity contribution in [2.24, 2.45) is 0 Å². The van der Waals surface area contributed by atoms with Crippen LogP contribution in [0.25, 0.3) is 0 Å². The zero-order valence-electron chi connectivity index (χ0n) is 16.1. The maximum Gasteiger partial charge on any atom is 0.233 e. The molecule has 0 aliphatic carbocycles. The molecule has 2 aromatic rings. The number of nitrogens with zero attached hydrogens (tertiary/aromatic N) is 3. The van der Waals surface area contributed by atoms with Gasteiger partial charge in [0.05, 0.1) is 19.0 Å². The van der Waals surface area contributed by atoms with Gasteiger partial charge in [-0.25, -0.2) is 0 Å². The number of thioether (sulfide) groups is 1. The lowest BCUT2D eigenvalue weighted by Crippen LogP contribution is -2.32. The Labute approximate surface area is 169 Å². The molecule has 27 heavy (non-hydrogen) atoms. The van der Waals surface area contributed by atoms with E-state index in [0.717, 1.165) is 34.2 Å². The molecule has 0 bridgehead atoms. The van der Waals surface area contributed by atoms with E-state index in [9.17, 15) is 4.79 Å². The van der Waals surface area contributed by atoms with Crippen molar-refractivity contribution < 1.29 is 14.3 Å². The Balaban J connectivity index is 2.04. The summed E-state index contributed by atoms with van der Waals surface area (Å²) in [4.78, 5) is 14.5. The first kappa shape index (κ1) is 21.5. The van der Waals surface area contributed by atoms with Gasteiger partial charge in [-0.2, -0.15) is 0 Å². The van der Waals surface area contributed by atoms with E-state index in [0.29, 0.717) is 32.1 Å². The molecule has 2 rings (SSSR count). The summed E-state index contributed by atoms with van der Waals surface area (Å²) in [6, 6.07) is 5.91. The fraction of sp³-hybridized carbons (Fsp3) is 0.526. The van der Waals surface area contributed by atoms with Crippen LogP contribution < -0.4 is 9.47 Å². The molecule has 0 aliphatic heterocycles. The van der Waals surface area contributed by atoms with Gasteiger partial charge in [-0.1, -0.05) is 43.0 Å². The third-order valence-electron chi connectivity index (χ3n) is 3.65. The van der Waals surface area contributed by atoms with Crippen molar-refractivity contribution in [1.29, 1.82) is 0 Å². The van der Waals surface area contributed by atoms with Crippen molar-refractivity contribution in [3.63, 3.8) is 0 Å². The van der Waals surface area contributed by atoms with Crippen molar-refractivity contribution >= 4 is 29.0 Å². The SMILES string of the molecule is CCCOc1ccc(CN(CCC)C(=O)CSc2nncs2)cc1OCC. The Morgan fingerprint density at radius 3 is 2.70 bits per heavy atom. The fourth-order valence-corrected chi connectivity index (χ4v) is 3.86. The highest BCUT2D eigenvalue weighted by Crippen LogP contribution is 2.29. The Hall–Kier alpha value is -1.80. The van der Waals surface area contributed by atoms with Crippen molar-refractivity contribution in [1.82, 2.24) is 15.1 Å². The van der Waals surface area contributed by atoms with Gasteiger partial charge in [0.15, 0.2) is 15.8 Å². The number of rotatable bonds is 12. The van der Waals surface area contributed by atoms with Crippen molar-refractivity contribution in [3.8, 4) is 11.5 Å². The van der Waals surface area contributed by atoms with Crippen LogP contribution in [-0.4, -0.2) is 46.5 Å². The van der Waals surface area contributed by atoms with Gasteiger partial charge in [0, 0.05) is 13.1 Å². The minimum Gasteiger partial charge on any atom is -0.490 e. The highest BCUT2D eigenvalue weighted by molar-refractivity contribution is 8.01. The van der Waals surface area contributed by atoms with Gasteiger partial charge in [-0.3, -0.25) is 4.79 Å². The number of hydrogen-bond donors (Lipinski definition) is 0. The Morgan fingerprint density at radius 1 is 1.19 bits per heavy atom. The van der Waals surface area contributed by atoms with Crippen LogP contribution >= 0.6 is 23.1 Å². The molecule has 0 atom stereocenters. The maximum absolute atomic E-state index is 12.7. The molecule has 0 fully saturated rings. The molecular formula is C19H27N3O3S2. The Morgan fingerprint density at radius 2 is 2.04 bits per heavy atom. The fourth-order valence-electron chi connectivity index (χ4n) is 2.47. The van der Waals surface area contributed by atoms with Gasteiger partial charge in [0.1, 0.15) is 5.51 Å². The summed E-state index contributed by atoms with van der Waals surface area (Å²) in [7, 11) is 0. The number of hydrogen-bond acceptors (Lipinski definition) is 7. The third-order valence-corrected chi connectivity index (χ3v) is 5.49. The third kappa shape index (κ3) is 7.03. The smallest absolute Gasteiger partial charge is 0.233 e. The van der Waals surface area contributed by atoms with Gasteiger partial charge in [0.25, 0.3) is 0 Å². The predicted octanol–water partition coefficient (Wildman–Crippen LogP) is 4.26. The number of carbonyl (C=O) groups excluding carboxylic acids is 1. The van der Waals surface area contributed by atoms with Crippen LogP contribution in [0.1, 0.15) is 39.2 Å². The molecular weight excluding hydrogens is 382 g/mol. The van der Waals surface area contributed by atoms with Gasteiger partial charge in [-0.15, -0.1) is 10.2 Å². The van der Waals surface area contributed by atoms with Crippen LogP contribution in [0, 0.1) is 0 Å². The lowest BCUT2D eigenvalue weighted by molar-refractivity contribution is -0.129. The van der Waals surface area contributed by atoms with Crippen LogP contribution in [0.2, 0.25) is 0 Å². The highest BCUT2D eigenvalue weighted by Gasteiger charge is 2.16. The summed E-state index contributed by atoms with van der Waals surface area (Å²) in [5.74, 6) is 1.95. The average molecular weight is 410 g/mol. The molecule has 1 amide bonds. The normalized spacial score (nSPS) is 10.6. The van der Waals surface area contributed by atoms with E-state index in [2.05, 4.69) is 24.0 Å². The van der Waals surface area contributed by atoms with Crippen molar-refractivity contribution in [2.45, 2.75) is 44.5 Å². The van der Waals surface area contributed by atoms with Gasteiger partial charge >= 0.3 is 0 Å². The quantitative estimate of drug-likeness (QED) is 0.488. The Bertz CT molecular complexity index is 696. The molecule has 148 valence electrons.